The minimum absolute atomic E-state index is 0.106. The molecule has 4 nitrogen and oxygen atoms in total. The second-order valence-electron chi connectivity index (χ2n) is 9.63. The van der Waals surface area contributed by atoms with Crippen molar-refractivity contribution in [2.75, 3.05) is 21.3 Å². The molecule has 0 bridgehead atoms. The van der Waals surface area contributed by atoms with Gasteiger partial charge in [0.2, 0.25) is 5.75 Å². The Kier molecular flexibility index (Phi) is 8.81. The fraction of sp³-hybridized carbons (Fsp3) is 0.333. The second kappa shape index (κ2) is 11.6. The van der Waals surface area contributed by atoms with Gasteiger partial charge in [-0.3, -0.25) is 0 Å². The van der Waals surface area contributed by atoms with E-state index in [1.807, 2.05) is 18.2 Å². The van der Waals surface area contributed by atoms with Crippen LogP contribution in [0.1, 0.15) is 32.8 Å². The highest BCUT2D eigenvalue weighted by Crippen LogP contribution is 2.42. The van der Waals surface area contributed by atoms with E-state index in [9.17, 15) is 0 Å². The Morgan fingerprint density at radius 2 is 1.31 bits per heavy atom. The molecule has 0 amide bonds. The number of benzene rings is 3. The van der Waals surface area contributed by atoms with Crippen molar-refractivity contribution in [2.45, 2.75) is 44.8 Å². The maximum atomic E-state index is 7.39. The minimum Gasteiger partial charge on any atom is -0.493 e. The van der Waals surface area contributed by atoms with Gasteiger partial charge in [-0.05, 0) is 27.9 Å². The van der Waals surface area contributed by atoms with E-state index in [0.29, 0.717) is 30.1 Å². The number of hydrogen-bond acceptors (Lipinski definition) is 4. The first-order chi connectivity index (χ1) is 16.8. The van der Waals surface area contributed by atoms with Crippen LogP contribution in [0.2, 0.25) is 5.04 Å². The van der Waals surface area contributed by atoms with Gasteiger partial charge in [-0.1, -0.05) is 93.6 Å². The third-order valence-electron chi connectivity index (χ3n) is 6.42. The quantitative estimate of drug-likeness (QED) is 0.252. The first-order valence-corrected chi connectivity index (χ1v) is 13.9. The number of rotatable bonds is 11. The summed E-state index contributed by atoms with van der Waals surface area (Å²) in [5, 5.41) is 2.40. The topological polar surface area (TPSA) is 36.9 Å². The predicted octanol–water partition coefficient (Wildman–Crippen LogP) is 5.78. The molecule has 0 heterocycles. The van der Waals surface area contributed by atoms with Crippen LogP contribution in [0.4, 0.5) is 0 Å². The molecule has 0 aliphatic rings. The Balaban J connectivity index is 2.14. The highest BCUT2D eigenvalue weighted by molar-refractivity contribution is 6.99. The Morgan fingerprint density at radius 3 is 1.74 bits per heavy atom. The lowest BCUT2D eigenvalue weighted by Gasteiger charge is -2.45. The molecule has 35 heavy (non-hydrogen) atoms. The number of methoxy groups -OCH3 is 3. The largest absolute Gasteiger partial charge is 0.493 e. The van der Waals surface area contributed by atoms with Gasteiger partial charge in [0.1, 0.15) is 0 Å². The summed E-state index contributed by atoms with van der Waals surface area (Å²) < 4.78 is 24.3. The van der Waals surface area contributed by atoms with Crippen molar-refractivity contribution in [1.82, 2.24) is 0 Å². The van der Waals surface area contributed by atoms with Crippen LogP contribution in [0.3, 0.4) is 0 Å². The van der Waals surface area contributed by atoms with Crippen LogP contribution in [0.25, 0.3) is 0 Å². The molecule has 5 heteroatoms. The zero-order valence-corrected chi connectivity index (χ0v) is 22.8. The molecule has 0 aliphatic heterocycles. The molecule has 0 aromatic heterocycles. The average Bonchev–Trinajstić information content (AvgIpc) is 2.87. The number of hydrogen-bond donors (Lipinski definition) is 0. The third-order valence-corrected chi connectivity index (χ3v) is 11.5. The van der Waals surface area contributed by atoms with E-state index >= 15 is 0 Å². The van der Waals surface area contributed by atoms with Crippen molar-refractivity contribution in [3.8, 4) is 17.2 Å². The van der Waals surface area contributed by atoms with Crippen LogP contribution in [0.5, 0.6) is 17.2 Å². The van der Waals surface area contributed by atoms with Crippen LogP contribution in [-0.4, -0.2) is 35.8 Å². The Morgan fingerprint density at radius 1 is 0.771 bits per heavy atom. The summed E-state index contributed by atoms with van der Waals surface area (Å²) in [7, 11) is 2.20. The monoisotopic (exact) mass is 490 g/mol. The van der Waals surface area contributed by atoms with Crippen molar-refractivity contribution < 1.29 is 18.6 Å². The lowest BCUT2D eigenvalue weighted by atomic mass is 10.0. The van der Waals surface area contributed by atoms with Crippen LogP contribution >= 0.6 is 0 Å². The smallest absolute Gasteiger partial charge is 0.261 e. The zero-order chi connectivity index (χ0) is 25.5. The molecule has 1 atom stereocenters. The summed E-state index contributed by atoms with van der Waals surface area (Å²) in [5.74, 6) is 1.91. The molecule has 3 aromatic rings. The van der Waals surface area contributed by atoms with E-state index in [4.69, 9.17) is 18.6 Å². The molecule has 3 rings (SSSR count). The molecule has 0 saturated heterocycles. The van der Waals surface area contributed by atoms with Gasteiger partial charge in [0.25, 0.3) is 8.32 Å². The molecule has 0 N–H and O–H groups in total. The summed E-state index contributed by atoms with van der Waals surface area (Å²) in [6, 6.07) is 25.4. The van der Waals surface area contributed by atoms with Crippen LogP contribution in [0, 0.1) is 0 Å². The van der Waals surface area contributed by atoms with Gasteiger partial charge in [-0.15, -0.1) is 6.58 Å². The molecule has 0 radical (unpaired) electrons. The summed E-state index contributed by atoms with van der Waals surface area (Å²) in [6.45, 7) is 10.9. The Labute approximate surface area is 211 Å². The van der Waals surface area contributed by atoms with Gasteiger partial charge in [0, 0.05) is 12.0 Å². The third kappa shape index (κ3) is 5.47. The van der Waals surface area contributed by atoms with Gasteiger partial charge in [-0.25, -0.2) is 0 Å². The first kappa shape index (κ1) is 26.6. The van der Waals surface area contributed by atoms with Crippen molar-refractivity contribution in [2.24, 2.45) is 0 Å². The van der Waals surface area contributed by atoms with E-state index in [0.717, 1.165) is 5.56 Å². The molecule has 186 valence electrons. The standard InChI is InChI=1S/C30H38O4Si/c1-8-15-24(22-23-20-21-27(31-5)29(33-7)28(23)32-6)34-35(30(2,3)4,25-16-11-9-12-17-25)26-18-13-10-14-19-26/h8-14,16-21,24H,1,15,22H2,2-7H3. The zero-order valence-electron chi connectivity index (χ0n) is 21.8. The van der Waals surface area contributed by atoms with Crippen LogP contribution in [0.15, 0.2) is 85.5 Å². The van der Waals surface area contributed by atoms with Gasteiger partial charge in [-0.2, -0.15) is 0 Å². The van der Waals surface area contributed by atoms with Gasteiger partial charge in [0.15, 0.2) is 11.5 Å². The van der Waals surface area contributed by atoms with E-state index in [2.05, 4.69) is 88.0 Å². The number of ether oxygens (including phenoxy) is 3. The summed E-state index contributed by atoms with van der Waals surface area (Å²) in [5.41, 5.74) is 1.01. The average molecular weight is 491 g/mol. The van der Waals surface area contributed by atoms with Crippen molar-refractivity contribution in [3.63, 3.8) is 0 Å². The van der Waals surface area contributed by atoms with Crippen molar-refractivity contribution in [1.29, 1.82) is 0 Å². The lowest BCUT2D eigenvalue weighted by molar-refractivity contribution is 0.189. The summed E-state index contributed by atoms with van der Waals surface area (Å²) in [4.78, 5) is 0. The molecule has 1 unspecified atom stereocenters. The van der Waals surface area contributed by atoms with E-state index in [-0.39, 0.29) is 11.1 Å². The SMILES string of the molecule is C=CCC(Cc1ccc(OC)c(OC)c1OC)O[Si](c1ccccc1)(c1ccccc1)C(C)(C)C. The van der Waals surface area contributed by atoms with Crippen LogP contribution in [-0.2, 0) is 10.8 Å². The maximum absolute atomic E-state index is 7.39. The van der Waals surface area contributed by atoms with E-state index in [1.54, 1.807) is 21.3 Å². The Hall–Kier alpha value is -3.02. The van der Waals surface area contributed by atoms with E-state index < -0.39 is 8.32 Å². The molecular formula is C30H38O4Si. The highest BCUT2D eigenvalue weighted by atomic mass is 28.4. The molecular weight excluding hydrogens is 452 g/mol. The molecule has 0 fully saturated rings. The molecule has 0 spiro atoms. The highest BCUT2D eigenvalue weighted by Gasteiger charge is 2.51. The Bertz CT molecular complexity index is 1050. The van der Waals surface area contributed by atoms with Crippen molar-refractivity contribution >= 4 is 18.7 Å². The first-order valence-electron chi connectivity index (χ1n) is 12.0. The maximum Gasteiger partial charge on any atom is 0.261 e. The van der Waals surface area contributed by atoms with Crippen molar-refractivity contribution in [3.05, 3.63) is 91.0 Å². The van der Waals surface area contributed by atoms with Gasteiger partial charge in [0.05, 0.1) is 27.4 Å². The fourth-order valence-corrected chi connectivity index (χ4v) is 9.56. The molecule has 0 saturated carbocycles. The predicted molar refractivity (Wildman–Crippen MR) is 147 cm³/mol. The fourth-order valence-electron chi connectivity index (χ4n) is 4.87. The van der Waals surface area contributed by atoms with Gasteiger partial charge >= 0.3 is 0 Å². The van der Waals surface area contributed by atoms with Crippen LogP contribution < -0.4 is 24.6 Å². The second-order valence-corrected chi connectivity index (χ2v) is 13.9. The molecule has 3 aromatic carbocycles. The normalized spacial score (nSPS) is 12.6. The summed E-state index contributed by atoms with van der Waals surface area (Å²) >= 11 is 0. The van der Waals surface area contributed by atoms with Gasteiger partial charge < -0.3 is 18.6 Å². The molecule has 0 aliphatic carbocycles. The lowest BCUT2D eigenvalue weighted by Crippen LogP contribution is -2.67. The van der Waals surface area contributed by atoms with E-state index in [1.165, 1.54) is 10.4 Å². The summed E-state index contributed by atoms with van der Waals surface area (Å²) in [6.07, 6.45) is 3.20. The minimum atomic E-state index is -2.72.